The molecule has 1 aromatic heterocycles. The fraction of sp³-hybridized carbons (Fsp3) is 0.0909. The lowest BCUT2D eigenvalue weighted by Gasteiger charge is -2.04. The van der Waals surface area contributed by atoms with E-state index in [9.17, 15) is 9.18 Å². The van der Waals surface area contributed by atoms with Crippen molar-refractivity contribution in [1.82, 2.24) is 4.98 Å². The van der Waals surface area contributed by atoms with Gasteiger partial charge in [-0.15, -0.1) is 11.3 Å². The second-order valence-corrected chi connectivity index (χ2v) is 4.99. The van der Waals surface area contributed by atoms with Gasteiger partial charge in [0.1, 0.15) is 5.82 Å². The minimum absolute atomic E-state index is 0.239. The van der Waals surface area contributed by atoms with E-state index in [2.05, 4.69) is 31.0 Å². The molecule has 0 saturated heterocycles. The van der Waals surface area contributed by atoms with Gasteiger partial charge in [-0.25, -0.2) is 14.2 Å². The van der Waals surface area contributed by atoms with Gasteiger partial charge in [-0.2, -0.15) is 0 Å². The smallest absolute Gasteiger partial charge is 0.357 e. The van der Waals surface area contributed by atoms with Gasteiger partial charge in [0.15, 0.2) is 10.8 Å². The molecule has 4 nitrogen and oxygen atoms in total. The molecule has 2 aromatic rings. The molecule has 0 radical (unpaired) electrons. The Hall–Kier alpha value is -1.47. The molecule has 0 amide bonds. The van der Waals surface area contributed by atoms with Crippen molar-refractivity contribution in [3.8, 4) is 0 Å². The zero-order valence-corrected chi connectivity index (χ0v) is 11.6. The van der Waals surface area contributed by atoms with Crippen LogP contribution in [0.2, 0.25) is 0 Å². The van der Waals surface area contributed by atoms with Crippen molar-refractivity contribution in [2.75, 3.05) is 12.4 Å². The fourth-order valence-corrected chi connectivity index (χ4v) is 2.38. The predicted molar refractivity (Wildman–Crippen MR) is 70.8 cm³/mol. The number of rotatable bonds is 3. The van der Waals surface area contributed by atoms with Crippen LogP contribution in [0.15, 0.2) is 28.1 Å². The number of methoxy groups -OCH3 is 1. The molecule has 0 aliphatic carbocycles. The summed E-state index contributed by atoms with van der Waals surface area (Å²) in [6, 6.07) is 4.26. The molecule has 0 unspecified atom stereocenters. The Labute approximate surface area is 115 Å². The first-order chi connectivity index (χ1) is 8.60. The lowest BCUT2D eigenvalue weighted by Crippen LogP contribution is -2.01. The van der Waals surface area contributed by atoms with Gasteiger partial charge in [-0.05, 0) is 34.1 Å². The molecular formula is C11H8BrFN2O2S. The number of esters is 1. The summed E-state index contributed by atoms with van der Waals surface area (Å²) in [6.07, 6.45) is 0. The molecular weight excluding hydrogens is 323 g/mol. The number of carbonyl (C=O) groups is 1. The Morgan fingerprint density at radius 3 is 3.00 bits per heavy atom. The summed E-state index contributed by atoms with van der Waals surface area (Å²) in [7, 11) is 1.30. The average Bonchev–Trinajstić information content (AvgIpc) is 2.80. The van der Waals surface area contributed by atoms with Gasteiger partial charge in [0.2, 0.25) is 0 Å². The molecule has 2 rings (SSSR count). The monoisotopic (exact) mass is 330 g/mol. The Bertz CT molecular complexity index is 588. The topological polar surface area (TPSA) is 51.2 Å². The molecule has 0 spiro atoms. The van der Waals surface area contributed by atoms with Crippen molar-refractivity contribution < 1.29 is 13.9 Å². The molecule has 7 heteroatoms. The zero-order chi connectivity index (χ0) is 13.1. The summed E-state index contributed by atoms with van der Waals surface area (Å²) in [6.45, 7) is 0. The van der Waals surface area contributed by atoms with Crippen LogP contribution in [0.5, 0.6) is 0 Å². The highest BCUT2D eigenvalue weighted by atomic mass is 79.9. The van der Waals surface area contributed by atoms with Crippen LogP contribution in [0.3, 0.4) is 0 Å². The largest absolute Gasteiger partial charge is 0.464 e. The van der Waals surface area contributed by atoms with E-state index in [1.54, 1.807) is 11.4 Å². The number of benzene rings is 1. The number of ether oxygens (including phenoxy) is 1. The van der Waals surface area contributed by atoms with E-state index in [-0.39, 0.29) is 11.5 Å². The van der Waals surface area contributed by atoms with Gasteiger partial charge in [-0.3, -0.25) is 0 Å². The second kappa shape index (κ2) is 5.45. The van der Waals surface area contributed by atoms with Crippen molar-refractivity contribution in [1.29, 1.82) is 0 Å². The quantitative estimate of drug-likeness (QED) is 0.874. The molecule has 0 fully saturated rings. The van der Waals surface area contributed by atoms with Crippen LogP contribution in [-0.2, 0) is 4.74 Å². The Balaban J connectivity index is 2.18. The first kappa shape index (κ1) is 13.0. The Kier molecular flexibility index (Phi) is 3.93. The van der Waals surface area contributed by atoms with Crippen molar-refractivity contribution in [2.24, 2.45) is 0 Å². The van der Waals surface area contributed by atoms with Crippen molar-refractivity contribution in [2.45, 2.75) is 0 Å². The highest BCUT2D eigenvalue weighted by Gasteiger charge is 2.11. The van der Waals surface area contributed by atoms with E-state index in [4.69, 9.17) is 0 Å². The van der Waals surface area contributed by atoms with Gasteiger partial charge in [-0.1, -0.05) is 0 Å². The maximum atomic E-state index is 12.9. The third-order valence-electron chi connectivity index (χ3n) is 2.07. The summed E-state index contributed by atoms with van der Waals surface area (Å²) in [5.74, 6) is -0.820. The van der Waals surface area contributed by atoms with Crippen LogP contribution in [0.1, 0.15) is 10.5 Å². The Morgan fingerprint density at radius 1 is 1.56 bits per heavy atom. The summed E-state index contributed by atoms with van der Waals surface area (Å²) in [5, 5.41) is 5.10. The van der Waals surface area contributed by atoms with Gasteiger partial charge in [0, 0.05) is 9.85 Å². The number of halogens is 2. The molecule has 0 bridgehead atoms. The van der Waals surface area contributed by atoms with Crippen LogP contribution < -0.4 is 5.32 Å². The zero-order valence-electron chi connectivity index (χ0n) is 9.24. The van der Waals surface area contributed by atoms with Gasteiger partial charge < -0.3 is 10.1 Å². The molecule has 0 saturated carbocycles. The van der Waals surface area contributed by atoms with Crippen LogP contribution >= 0.6 is 27.3 Å². The first-order valence-corrected chi connectivity index (χ1v) is 6.53. The second-order valence-electron chi connectivity index (χ2n) is 3.28. The molecule has 1 N–H and O–H groups in total. The van der Waals surface area contributed by atoms with Crippen molar-refractivity contribution >= 4 is 44.1 Å². The summed E-state index contributed by atoms with van der Waals surface area (Å²) in [5.41, 5.74) is 0.908. The normalized spacial score (nSPS) is 10.2. The molecule has 1 heterocycles. The average molecular weight is 331 g/mol. The number of nitrogens with one attached hydrogen (secondary N) is 1. The van der Waals surface area contributed by atoms with Crippen molar-refractivity contribution in [3.05, 3.63) is 39.6 Å². The van der Waals surface area contributed by atoms with E-state index in [0.717, 1.165) is 0 Å². The molecule has 18 heavy (non-hydrogen) atoms. The molecule has 1 aromatic carbocycles. The summed E-state index contributed by atoms with van der Waals surface area (Å²) in [4.78, 5) is 15.3. The van der Waals surface area contributed by atoms with E-state index in [1.807, 2.05) is 0 Å². The molecule has 0 aliphatic heterocycles. The van der Waals surface area contributed by atoms with E-state index in [1.165, 1.54) is 30.6 Å². The summed E-state index contributed by atoms with van der Waals surface area (Å²) < 4.78 is 18.0. The fourth-order valence-electron chi connectivity index (χ4n) is 1.24. The standard InChI is InChI=1S/C11H8BrFN2O2S/c1-17-10(16)9-5-18-11(15-9)14-8-3-2-6(13)4-7(8)12/h2-5H,1H3,(H,14,15). The lowest BCUT2D eigenvalue weighted by atomic mass is 10.3. The molecule has 94 valence electrons. The third-order valence-corrected chi connectivity index (χ3v) is 3.49. The summed E-state index contributed by atoms with van der Waals surface area (Å²) >= 11 is 4.50. The Morgan fingerprint density at radius 2 is 2.33 bits per heavy atom. The minimum atomic E-state index is -0.488. The van der Waals surface area contributed by atoms with E-state index in [0.29, 0.717) is 15.3 Å². The number of carbonyl (C=O) groups excluding carboxylic acids is 1. The van der Waals surface area contributed by atoms with Gasteiger partial charge in [0.25, 0.3) is 0 Å². The maximum Gasteiger partial charge on any atom is 0.357 e. The number of aromatic nitrogens is 1. The molecule has 0 atom stereocenters. The number of hydrogen-bond donors (Lipinski definition) is 1. The molecule has 0 aliphatic rings. The first-order valence-electron chi connectivity index (χ1n) is 4.86. The van der Waals surface area contributed by atoms with E-state index >= 15 is 0 Å². The van der Waals surface area contributed by atoms with Crippen LogP contribution in [0, 0.1) is 5.82 Å². The maximum absolute atomic E-state index is 12.9. The third kappa shape index (κ3) is 2.85. The van der Waals surface area contributed by atoms with Crippen LogP contribution in [0.25, 0.3) is 0 Å². The lowest BCUT2D eigenvalue weighted by molar-refractivity contribution is 0.0595. The highest BCUT2D eigenvalue weighted by molar-refractivity contribution is 9.10. The van der Waals surface area contributed by atoms with Gasteiger partial charge in [0.05, 0.1) is 12.8 Å². The van der Waals surface area contributed by atoms with Crippen molar-refractivity contribution in [3.63, 3.8) is 0 Å². The highest BCUT2D eigenvalue weighted by Crippen LogP contribution is 2.28. The number of nitrogens with zero attached hydrogens (tertiary/aromatic N) is 1. The number of hydrogen-bond acceptors (Lipinski definition) is 5. The predicted octanol–water partition coefficient (Wildman–Crippen LogP) is 3.57. The number of thiazole rings is 1. The number of anilines is 2. The van der Waals surface area contributed by atoms with Crippen LogP contribution in [-0.4, -0.2) is 18.1 Å². The van der Waals surface area contributed by atoms with Gasteiger partial charge >= 0.3 is 5.97 Å². The SMILES string of the molecule is COC(=O)c1csc(Nc2ccc(F)cc2Br)n1. The van der Waals surface area contributed by atoms with Crippen LogP contribution in [0.4, 0.5) is 15.2 Å². The minimum Gasteiger partial charge on any atom is -0.464 e. The van der Waals surface area contributed by atoms with E-state index < -0.39 is 5.97 Å².